The maximum Gasteiger partial charge on any atom is 0.325 e. The third-order valence-electron chi connectivity index (χ3n) is 6.36. The fraction of sp³-hybridized carbons (Fsp3) is 0.667. The van der Waals surface area contributed by atoms with Gasteiger partial charge in [0.2, 0.25) is 41.4 Å². The summed E-state index contributed by atoms with van der Waals surface area (Å²) in [4.78, 5) is 102. The Morgan fingerprint density at radius 1 is 0.681 bits per heavy atom. The van der Waals surface area contributed by atoms with Crippen LogP contribution in [-0.4, -0.2) is 108 Å². The Morgan fingerprint density at radius 2 is 1.26 bits per heavy atom. The molecule has 7 amide bonds. The molecular formula is C27H49N11O9. The topological polar surface area (TPSA) is 345 Å². The van der Waals surface area contributed by atoms with E-state index >= 15 is 0 Å². The predicted molar refractivity (Wildman–Crippen MR) is 168 cm³/mol. The smallest absolute Gasteiger partial charge is 0.325 e. The van der Waals surface area contributed by atoms with Crippen LogP contribution < -0.4 is 54.8 Å². The fourth-order valence-corrected chi connectivity index (χ4v) is 3.88. The lowest BCUT2D eigenvalue weighted by Gasteiger charge is -2.26. The maximum atomic E-state index is 13.2. The number of carbonyl (C=O) groups excluding carboxylic acids is 7. The van der Waals surface area contributed by atoms with Crippen molar-refractivity contribution in [3.63, 3.8) is 0 Å². The van der Waals surface area contributed by atoms with E-state index in [1.165, 1.54) is 13.8 Å². The second-order valence-electron chi connectivity index (χ2n) is 11.1. The molecule has 0 aliphatic heterocycles. The van der Waals surface area contributed by atoms with Gasteiger partial charge < -0.3 is 59.9 Å². The largest absolute Gasteiger partial charge is 0.480 e. The molecule has 266 valence electrons. The number of amides is 7. The molecule has 47 heavy (non-hydrogen) atoms. The van der Waals surface area contributed by atoms with Crippen LogP contribution in [0.4, 0.5) is 0 Å². The number of carboxylic acids is 1. The van der Waals surface area contributed by atoms with Crippen molar-refractivity contribution in [2.45, 2.75) is 90.0 Å². The van der Waals surface area contributed by atoms with E-state index in [9.17, 15) is 38.4 Å². The van der Waals surface area contributed by atoms with Crippen LogP contribution >= 0.6 is 0 Å². The monoisotopic (exact) mass is 671 g/mol. The van der Waals surface area contributed by atoms with Gasteiger partial charge in [-0.1, -0.05) is 13.8 Å². The molecule has 0 aromatic heterocycles. The van der Waals surface area contributed by atoms with E-state index < -0.39 is 84.1 Å². The second kappa shape index (κ2) is 21.7. The van der Waals surface area contributed by atoms with Gasteiger partial charge in [-0.25, -0.2) is 0 Å². The minimum atomic E-state index is -1.34. The van der Waals surface area contributed by atoms with Gasteiger partial charge >= 0.3 is 5.97 Å². The zero-order valence-electron chi connectivity index (χ0n) is 27.1. The predicted octanol–water partition coefficient (Wildman–Crippen LogP) is -5.03. The van der Waals surface area contributed by atoms with Gasteiger partial charge in [0.25, 0.3) is 0 Å². The molecule has 0 saturated heterocycles. The number of nitrogens with zero attached hydrogens (tertiary/aromatic N) is 1. The summed E-state index contributed by atoms with van der Waals surface area (Å²) in [6.45, 7) is 5.37. The zero-order valence-corrected chi connectivity index (χ0v) is 27.1. The Balaban J connectivity index is 5.39. The van der Waals surface area contributed by atoms with Gasteiger partial charge in [-0.05, 0) is 45.4 Å². The van der Waals surface area contributed by atoms with Crippen LogP contribution in [0.25, 0.3) is 0 Å². The van der Waals surface area contributed by atoms with E-state index in [1.807, 2.05) is 0 Å². The fourth-order valence-electron chi connectivity index (χ4n) is 3.88. The van der Waals surface area contributed by atoms with Crippen LogP contribution in [0.1, 0.15) is 59.8 Å². The molecule has 20 nitrogen and oxygen atoms in total. The third-order valence-corrected chi connectivity index (χ3v) is 6.36. The number of nitrogens with two attached hydrogens (primary N) is 4. The number of aliphatic imine (C=N–C) groups is 1. The number of carbonyl (C=O) groups is 8. The summed E-state index contributed by atoms with van der Waals surface area (Å²) in [5.74, 6) is -6.82. The number of rotatable bonds is 22. The van der Waals surface area contributed by atoms with Gasteiger partial charge in [0.05, 0.1) is 13.1 Å². The van der Waals surface area contributed by atoms with Crippen molar-refractivity contribution in [1.29, 1.82) is 0 Å². The average molecular weight is 672 g/mol. The minimum absolute atomic E-state index is 0.114. The summed E-state index contributed by atoms with van der Waals surface area (Å²) >= 11 is 0. The highest BCUT2D eigenvalue weighted by molar-refractivity contribution is 5.96. The Morgan fingerprint density at radius 3 is 1.79 bits per heavy atom. The lowest BCUT2D eigenvalue weighted by Crippen LogP contribution is -2.58. The third kappa shape index (κ3) is 18.5. The number of hydrogen-bond acceptors (Lipinski definition) is 10. The van der Waals surface area contributed by atoms with Crippen molar-refractivity contribution in [2.75, 3.05) is 19.6 Å². The van der Waals surface area contributed by atoms with Crippen LogP contribution in [0, 0.1) is 5.92 Å². The number of nitrogens with one attached hydrogen (secondary N) is 6. The van der Waals surface area contributed by atoms with E-state index in [-0.39, 0.29) is 50.7 Å². The summed E-state index contributed by atoms with van der Waals surface area (Å²) in [7, 11) is 0. The molecule has 0 spiro atoms. The first-order chi connectivity index (χ1) is 21.9. The first kappa shape index (κ1) is 42.0. The molecule has 0 rings (SSSR count). The summed E-state index contributed by atoms with van der Waals surface area (Å²) < 4.78 is 0. The molecule has 0 aromatic carbocycles. The average Bonchev–Trinajstić information content (AvgIpc) is 2.97. The van der Waals surface area contributed by atoms with E-state index in [4.69, 9.17) is 28.0 Å². The highest BCUT2D eigenvalue weighted by Gasteiger charge is 2.30. The van der Waals surface area contributed by atoms with Gasteiger partial charge in [-0.3, -0.25) is 43.3 Å². The van der Waals surface area contributed by atoms with E-state index in [2.05, 4.69) is 36.9 Å². The van der Waals surface area contributed by atoms with Crippen LogP contribution in [-0.2, 0) is 38.4 Å². The minimum Gasteiger partial charge on any atom is -0.480 e. The maximum absolute atomic E-state index is 13.2. The molecule has 0 aliphatic rings. The molecular weight excluding hydrogens is 622 g/mol. The van der Waals surface area contributed by atoms with Crippen LogP contribution in [0.3, 0.4) is 0 Å². The molecule has 20 heteroatoms. The molecule has 0 bridgehead atoms. The molecule has 0 unspecified atom stereocenters. The van der Waals surface area contributed by atoms with Crippen molar-refractivity contribution in [1.82, 2.24) is 31.9 Å². The zero-order chi connectivity index (χ0) is 36.3. The van der Waals surface area contributed by atoms with Crippen molar-refractivity contribution >= 4 is 53.3 Å². The van der Waals surface area contributed by atoms with E-state index in [0.717, 1.165) is 0 Å². The van der Waals surface area contributed by atoms with Crippen LogP contribution in [0.5, 0.6) is 0 Å². The number of carboxylic acid groups (broad SMARTS) is 1. The van der Waals surface area contributed by atoms with E-state index in [0.29, 0.717) is 6.42 Å². The number of aliphatic carboxylic acids is 1. The highest BCUT2D eigenvalue weighted by atomic mass is 16.4. The molecule has 0 fully saturated rings. The lowest BCUT2D eigenvalue weighted by atomic mass is 10.0. The molecule has 0 radical (unpaired) electrons. The Kier molecular flexibility index (Phi) is 19.4. The quantitative estimate of drug-likeness (QED) is 0.0293. The van der Waals surface area contributed by atoms with Gasteiger partial charge in [-0.2, -0.15) is 0 Å². The van der Waals surface area contributed by atoms with Gasteiger partial charge in [0, 0.05) is 13.0 Å². The van der Waals surface area contributed by atoms with Gasteiger partial charge in [-0.15, -0.1) is 0 Å². The van der Waals surface area contributed by atoms with Crippen molar-refractivity contribution in [3.05, 3.63) is 0 Å². The molecule has 15 N–H and O–H groups in total. The molecule has 0 aliphatic carbocycles. The summed E-state index contributed by atoms with van der Waals surface area (Å²) in [6, 6.07) is -6.03. The van der Waals surface area contributed by atoms with E-state index in [1.54, 1.807) is 13.8 Å². The lowest BCUT2D eigenvalue weighted by molar-refractivity contribution is -0.142. The summed E-state index contributed by atoms with van der Waals surface area (Å²) in [5, 5.41) is 23.4. The molecule has 5 atom stereocenters. The highest BCUT2D eigenvalue weighted by Crippen LogP contribution is 2.08. The van der Waals surface area contributed by atoms with Gasteiger partial charge in [0.15, 0.2) is 5.96 Å². The molecule has 0 aromatic rings. The number of primary amides is 1. The van der Waals surface area contributed by atoms with Gasteiger partial charge in [0.1, 0.15) is 30.2 Å². The molecule has 0 heterocycles. The van der Waals surface area contributed by atoms with Crippen LogP contribution in [0.15, 0.2) is 4.99 Å². The van der Waals surface area contributed by atoms with Crippen molar-refractivity contribution < 1.29 is 43.5 Å². The van der Waals surface area contributed by atoms with Crippen LogP contribution in [0.2, 0.25) is 0 Å². The normalized spacial score (nSPS) is 13.8. The van der Waals surface area contributed by atoms with Crippen molar-refractivity contribution in [2.24, 2.45) is 33.8 Å². The molecule has 0 saturated carbocycles. The Hall–Kier alpha value is -5.01. The van der Waals surface area contributed by atoms with Crippen molar-refractivity contribution in [3.8, 4) is 0 Å². The Labute approximate surface area is 272 Å². The first-order valence-electron chi connectivity index (χ1n) is 14.9. The summed E-state index contributed by atoms with van der Waals surface area (Å²) in [6.07, 6.45) is 0.0553. The first-order valence-corrected chi connectivity index (χ1v) is 14.9. The Bertz CT molecular complexity index is 1160. The second-order valence-corrected chi connectivity index (χ2v) is 11.1. The number of guanidine groups is 1. The number of hydrogen-bond donors (Lipinski definition) is 11. The SMILES string of the molecule is CC(C)C[C@H](NC(=O)[C@H](C)NC(=O)CNC(=O)[C@H](CCCN=C(N)N)NC(=O)CN)C(=O)N[C@@H](CCC(N)=O)C(=O)N[C@@H](C)C(=O)O. The summed E-state index contributed by atoms with van der Waals surface area (Å²) in [5.41, 5.74) is 21.0. The standard InChI is InChI=1S/C27H49N11O9/c1-13(2)10-18(25(45)37-17(7-8-19(29)39)24(44)35-15(4)26(46)47)38-22(42)14(3)34-21(41)12-33-23(43)16(36-20(40)11-28)6-5-9-32-27(30)31/h13-18H,5-12,28H2,1-4H3,(H2,29,39)(H,33,43)(H,34,41)(H,35,44)(H,36,40)(H,37,45)(H,38,42)(H,46,47)(H4,30,31,32)/t14-,15-,16-,17-,18-/m0/s1.